The van der Waals surface area contributed by atoms with Crippen molar-refractivity contribution in [2.75, 3.05) is 24.5 Å². The topological polar surface area (TPSA) is 135 Å². The highest BCUT2D eigenvalue weighted by molar-refractivity contribution is 7.89. The summed E-state index contributed by atoms with van der Waals surface area (Å²) in [7, 11) is -4.35. The molecular weight excluding hydrogens is 639 g/mol. The molecule has 19 heteroatoms. The fourth-order valence-electron chi connectivity index (χ4n) is 4.35. The SMILES string of the molecule is O=C(NCc1ccc(OC(F)(F)F)cc1)[C@H]1CN(c2nn3c(=O)ccnc3s2)CCN1S(=O)(=O)c1ccc(OC(F)F)cc1. The van der Waals surface area contributed by atoms with E-state index in [1.807, 2.05) is 0 Å². The highest BCUT2D eigenvalue weighted by Crippen LogP contribution is 2.29. The molecule has 1 aliphatic heterocycles. The first-order valence-electron chi connectivity index (χ1n) is 12.6. The molecule has 1 atom stereocenters. The molecule has 2 aromatic heterocycles. The van der Waals surface area contributed by atoms with Gasteiger partial charge in [0.25, 0.3) is 5.56 Å². The second-order valence-electron chi connectivity index (χ2n) is 9.20. The Morgan fingerprint density at radius 3 is 2.36 bits per heavy atom. The van der Waals surface area contributed by atoms with Crippen molar-refractivity contribution in [3.05, 3.63) is 76.7 Å². The van der Waals surface area contributed by atoms with Crippen molar-refractivity contribution in [3.8, 4) is 11.5 Å². The molecule has 1 N–H and O–H groups in total. The summed E-state index contributed by atoms with van der Waals surface area (Å²) in [6.07, 6.45) is -3.55. The normalized spacial score (nSPS) is 16.3. The highest BCUT2D eigenvalue weighted by Gasteiger charge is 2.41. The van der Waals surface area contributed by atoms with Gasteiger partial charge in [0.1, 0.15) is 17.5 Å². The Morgan fingerprint density at radius 2 is 1.73 bits per heavy atom. The van der Waals surface area contributed by atoms with E-state index in [0.29, 0.717) is 10.7 Å². The lowest BCUT2D eigenvalue weighted by Gasteiger charge is -2.39. The summed E-state index contributed by atoms with van der Waals surface area (Å²) < 4.78 is 100.0. The number of fused-ring (bicyclic) bond motifs is 1. The van der Waals surface area contributed by atoms with Gasteiger partial charge >= 0.3 is 13.0 Å². The summed E-state index contributed by atoms with van der Waals surface area (Å²) in [6.45, 7) is -3.58. The number of ether oxygens (including phenoxy) is 2. The second-order valence-corrected chi connectivity index (χ2v) is 12.0. The van der Waals surface area contributed by atoms with Crippen molar-refractivity contribution in [1.29, 1.82) is 0 Å². The van der Waals surface area contributed by atoms with Crippen LogP contribution in [-0.2, 0) is 21.4 Å². The van der Waals surface area contributed by atoms with Crippen LogP contribution in [0.5, 0.6) is 11.5 Å². The molecule has 0 aliphatic carbocycles. The molecule has 12 nitrogen and oxygen atoms in total. The van der Waals surface area contributed by atoms with Crippen LogP contribution >= 0.6 is 11.3 Å². The van der Waals surface area contributed by atoms with E-state index in [-0.39, 0.29) is 41.8 Å². The first-order valence-corrected chi connectivity index (χ1v) is 14.8. The summed E-state index contributed by atoms with van der Waals surface area (Å²) in [4.78, 5) is 31.4. The van der Waals surface area contributed by atoms with Crippen LogP contribution in [0.3, 0.4) is 0 Å². The number of carbonyl (C=O) groups excluding carboxylic acids is 1. The summed E-state index contributed by atoms with van der Waals surface area (Å²) in [5.41, 5.74) is -0.0277. The van der Waals surface area contributed by atoms with E-state index in [9.17, 15) is 40.0 Å². The summed E-state index contributed by atoms with van der Waals surface area (Å²) in [6, 6.07) is 8.89. The lowest BCUT2D eigenvalue weighted by molar-refractivity contribution is -0.274. The molecular formula is C25H21F5N6O6S2. The van der Waals surface area contributed by atoms with E-state index < -0.39 is 46.3 Å². The van der Waals surface area contributed by atoms with Crippen molar-refractivity contribution < 1.29 is 44.6 Å². The number of hydrogen-bond acceptors (Lipinski definition) is 10. The van der Waals surface area contributed by atoms with Gasteiger partial charge in [0, 0.05) is 38.4 Å². The molecule has 4 aromatic rings. The minimum atomic E-state index is -4.87. The number of amides is 1. The third kappa shape index (κ3) is 7.05. The van der Waals surface area contributed by atoms with Crippen molar-refractivity contribution in [1.82, 2.24) is 24.2 Å². The smallest absolute Gasteiger partial charge is 0.435 e. The molecule has 0 unspecified atom stereocenters. The first kappa shape index (κ1) is 31.1. The average Bonchev–Trinajstić information content (AvgIpc) is 3.41. The fourth-order valence-corrected chi connectivity index (χ4v) is 6.83. The molecule has 0 saturated carbocycles. The number of alkyl halides is 5. The number of nitrogens with zero attached hydrogens (tertiary/aromatic N) is 5. The highest BCUT2D eigenvalue weighted by atomic mass is 32.2. The molecule has 1 amide bonds. The van der Waals surface area contributed by atoms with Crippen molar-refractivity contribution >= 4 is 37.4 Å². The number of piperazine rings is 1. The summed E-state index contributed by atoms with van der Waals surface area (Å²) >= 11 is 1.06. The van der Waals surface area contributed by atoms with Gasteiger partial charge in [0.15, 0.2) is 0 Å². The Labute approximate surface area is 249 Å². The Hall–Kier alpha value is -4.36. The molecule has 1 fully saturated rings. The minimum absolute atomic E-state index is 0.0742. The van der Waals surface area contributed by atoms with Crippen LogP contribution in [0.15, 0.2) is 70.5 Å². The van der Waals surface area contributed by atoms with Gasteiger partial charge < -0.3 is 19.7 Å². The van der Waals surface area contributed by atoms with Crippen LogP contribution in [0.25, 0.3) is 4.96 Å². The third-order valence-electron chi connectivity index (χ3n) is 6.34. The summed E-state index contributed by atoms with van der Waals surface area (Å²) in [5, 5.41) is 7.17. The molecule has 0 spiro atoms. The second kappa shape index (κ2) is 12.3. The van der Waals surface area contributed by atoms with Crippen LogP contribution in [0.2, 0.25) is 0 Å². The van der Waals surface area contributed by atoms with E-state index in [1.54, 1.807) is 4.90 Å². The number of anilines is 1. The van der Waals surface area contributed by atoms with E-state index in [4.69, 9.17) is 0 Å². The van der Waals surface area contributed by atoms with Gasteiger partial charge in [-0.2, -0.15) is 17.6 Å². The zero-order valence-corrected chi connectivity index (χ0v) is 23.8. The maximum absolute atomic E-state index is 13.7. The lowest BCUT2D eigenvalue weighted by atomic mass is 10.2. The molecule has 5 rings (SSSR count). The van der Waals surface area contributed by atoms with Crippen LogP contribution in [0.4, 0.5) is 27.1 Å². The number of benzene rings is 2. The molecule has 3 heterocycles. The Kier molecular flexibility index (Phi) is 8.71. The zero-order valence-electron chi connectivity index (χ0n) is 22.1. The molecule has 1 saturated heterocycles. The monoisotopic (exact) mass is 660 g/mol. The van der Waals surface area contributed by atoms with Crippen LogP contribution < -0.4 is 25.2 Å². The van der Waals surface area contributed by atoms with Gasteiger partial charge in [-0.05, 0) is 42.0 Å². The van der Waals surface area contributed by atoms with Gasteiger partial charge in [0.2, 0.25) is 26.0 Å². The number of carbonyl (C=O) groups is 1. The molecule has 234 valence electrons. The van der Waals surface area contributed by atoms with Gasteiger partial charge in [-0.3, -0.25) is 9.59 Å². The van der Waals surface area contributed by atoms with Crippen LogP contribution in [0.1, 0.15) is 5.56 Å². The third-order valence-corrected chi connectivity index (χ3v) is 9.25. The molecule has 0 radical (unpaired) electrons. The zero-order chi connectivity index (χ0) is 31.6. The van der Waals surface area contributed by atoms with E-state index >= 15 is 0 Å². The van der Waals surface area contributed by atoms with E-state index in [0.717, 1.165) is 56.6 Å². The Morgan fingerprint density at radius 1 is 1.05 bits per heavy atom. The fraction of sp³-hybridized carbons (Fsp3) is 0.280. The lowest BCUT2D eigenvalue weighted by Crippen LogP contribution is -2.60. The predicted octanol–water partition coefficient (Wildman–Crippen LogP) is 2.85. The number of hydrogen-bond donors (Lipinski definition) is 1. The van der Waals surface area contributed by atoms with Gasteiger partial charge in [-0.15, -0.1) is 18.3 Å². The van der Waals surface area contributed by atoms with Crippen molar-refractivity contribution in [2.45, 2.75) is 30.5 Å². The minimum Gasteiger partial charge on any atom is -0.435 e. The van der Waals surface area contributed by atoms with Gasteiger partial charge in [-0.1, -0.05) is 23.5 Å². The van der Waals surface area contributed by atoms with Crippen LogP contribution in [0, 0.1) is 0 Å². The predicted molar refractivity (Wildman–Crippen MR) is 145 cm³/mol. The first-order chi connectivity index (χ1) is 20.8. The number of aromatic nitrogens is 3. The van der Waals surface area contributed by atoms with Crippen molar-refractivity contribution in [3.63, 3.8) is 0 Å². The van der Waals surface area contributed by atoms with Gasteiger partial charge in [-0.25, -0.2) is 13.4 Å². The number of rotatable bonds is 9. The Balaban J connectivity index is 1.39. The van der Waals surface area contributed by atoms with Gasteiger partial charge in [0.05, 0.1) is 4.90 Å². The maximum atomic E-state index is 13.7. The standard InChI is InChI=1S/C25H21F5N6O6S2/c26-22(27)41-16-5-7-18(8-6-16)44(39,40)35-12-11-34(24-33-36-20(37)9-10-31-23(36)43-24)14-19(35)21(38)32-13-15-1-3-17(4-2-15)42-25(28,29)30/h1-10,19,22H,11-14H2,(H,32,38)/t19-/m1/s1. The number of nitrogens with one attached hydrogen (secondary N) is 1. The molecule has 44 heavy (non-hydrogen) atoms. The maximum Gasteiger partial charge on any atom is 0.573 e. The summed E-state index contributed by atoms with van der Waals surface area (Å²) in [5.74, 6) is -1.45. The average molecular weight is 661 g/mol. The van der Waals surface area contributed by atoms with E-state index in [1.165, 1.54) is 24.4 Å². The van der Waals surface area contributed by atoms with Crippen molar-refractivity contribution in [2.24, 2.45) is 0 Å². The molecule has 2 aromatic carbocycles. The molecule has 1 aliphatic rings. The molecule has 0 bridgehead atoms. The number of halogens is 5. The van der Waals surface area contributed by atoms with Crippen LogP contribution in [-0.4, -0.2) is 71.9 Å². The number of sulfonamides is 1. The Bertz CT molecular complexity index is 1800. The largest absolute Gasteiger partial charge is 0.573 e. The van der Waals surface area contributed by atoms with E-state index in [2.05, 4.69) is 24.9 Å². The quantitative estimate of drug-likeness (QED) is 0.269.